The number of hydrogen-bond donors (Lipinski definition) is 1. The summed E-state index contributed by atoms with van der Waals surface area (Å²) in [6.07, 6.45) is 0. The fourth-order valence-electron chi connectivity index (χ4n) is 2.07. The predicted molar refractivity (Wildman–Crippen MR) is 93.5 cm³/mol. The van der Waals surface area contributed by atoms with E-state index < -0.39 is 0 Å². The van der Waals surface area contributed by atoms with E-state index in [0.717, 1.165) is 11.0 Å². The third-order valence-electron chi connectivity index (χ3n) is 3.31. The summed E-state index contributed by atoms with van der Waals surface area (Å²) < 4.78 is 11.0. The Morgan fingerprint density at radius 3 is 2.71 bits per heavy atom. The zero-order chi connectivity index (χ0) is 16.9. The topological polar surface area (TPSA) is 63.8 Å². The summed E-state index contributed by atoms with van der Waals surface area (Å²) in [4.78, 5) is 11.8. The number of hydrazone groups is 1. The molecule has 1 aromatic heterocycles. The molecule has 0 saturated carbocycles. The number of amides is 1. The van der Waals surface area contributed by atoms with Gasteiger partial charge in [-0.25, -0.2) is 5.43 Å². The van der Waals surface area contributed by atoms with Crippen molar-refractivity contribution >= 4 is 34.2 Å². The van der Waals surface area contributed by atoms with E-state index >= 15 is 0 Å². The van der Waals surface area contributed by atoms with E-state index in [1.165, 1.54) is 0 Å². The van der Waals surface area contributed by atoms with Crippen molar-refractivity contribution in [3.05, 3.63) is 65.4 Å². The predicted octanol–water partition coefficient (Wildman–Crippen LogP) is 4.01. The van der Waals surface area contributed by atoms with Crippen molar-refractivity contribution in [3.8, 4) is 5.75 Å². The summed E-state index contributed by atoms with van der Waals surface area (Å²) in [6.45, 7) is 1.62. The van der Waals surface area contributed by atoms with Crippen molar-refractivity contribution in [2.75, 3.05) is 6.61 Å². The fraction of sp³-hybridized carbons (Fsp3) is 0.111. The first-order chi connectivity index (χ1) is 11.6. The second-order valence-corrected chi connectivity index (χ2v) is 5.56. The molecule has 122 valence electrons. The zero-order valence-electron chi connectivity index (χ0n) is 13.0. The third kappa shape index (κ3) is 3.94. The number of carbonyl (C=O) groups excluding carboxylic acids is 1. The van der Waals surface area contributed by atoms with Gasteiger partial charge < -0.3 is 9.15 Å². The van der Waals surface area contributed by atoms with Crippen LogP contribution in [-0.4, -0.2) is 18.2 Å². The Morgan fingerprint density at radius 2 is 1.96 bits per heavy atom. The van der Waals surface area contributed by atoms with Crippen molar-refractivity contribution in [3.63, 3.8) is 0 Å². The lowest BCUT2D eigenvalue weighted by molar-refractivity contribution is -0.123. The Morgan fingerprint density at radius 1 is 1.21 bits per heavy atom. The molecule has 0 spiro atoms. The first-order valence-electron chi connectivity index (χ1n) is 7.32. The normalized spacial score (nSPS) is 11.5. The molecule has 3 rings (SSSR count). The second-order valence-electron chi connectivity index (χ2n) is 5.12. The molecule has 0 aliphatic rings. The Hall–Kier alpha value is -2.79. The Balaban J connectivity index is 1.57. The molecule has 5 nitrogen and oxygen atoms in total. The van der Waals surface area contributed by atoms with Gasteiger partial charge in [0, 0.05) is 10.4 Å². The van der Waals surface area contributed by atoms with Crippen LogP contribution in [0.5, 0.6) is 5.75 Å². The van der Waals surface area contributed by atoms with E-state index in [9.17, 15) is 4.79 Å². The minimum Gasteiger partial charge on any atom is -0.484 e. The van der Waals surface area contributed by atoms with Crippen molar-refractivity contribution in [2.45, 2.75) is 6.92 Å². The average Bonchev–Trinajstić information content (AvgIpc) is 3.03. The van der Waals surface area contributed by atoms with Crippen molar-refractivity contribution in [1.29, 1.82) is 0 Å². The van der Waals surface area contributed by atoms with Crippen LogP contribution >= 0.6 is 11.6 Å². The smallest absolute Gasteiger partial charge is 0.277 e. The highest BCUT2D eigenvalue weighted by atomic mass is 35.5. The Kier molecular flexibility index (Phi) is 4.82. The molecule has 0 saturated heterocycles. The van der Waals surface area contributed by atoms with Crippen LogP contribution in [0.1, 0.15) is 12.7 Å². The molecule has 1 N–H and O–H groups in total. The van der Waals surface area contributed by atoms with Gasteiger partial charge in [-0.3, -0.25) is 4.79 Å². The molecule has 3 aromatic rings. The van der Waals surface area contributed by atoms with Gasteiger partial charge >= 0.3 is 0 Å². The molecular weight excluding hydrogens is 328 g/mol. The number of ether oxygens (including phenoxy) is 1. The van der Waals surface area contributed by atoms with Crippen LogP contribution in [0.3, 0.4) is 0 Å². The van der Waals surface area contributed by atoms with E-state index in [4.69, 9.17) is 20.8 Å². The molecular formula is C18H15ClN2O3. The highest BCUT2D eigenvalue weighted by Crippen LogP contribution is 2.19. The van der Waals surface area contributed by atoms with E-state index in [1.54, 1.807) is 31.2 Å². The highest BCUT2D eigenvalue weighted by molar-refractivity contribution is 6.30. The van der Waals surface area contributed by atoms with Gasteiger partial charge in [0.15, 0.2) is 12.4 Å². The van der Waals surface area contributed by atoms with Crippen LogP contribution < -0.4 is 10.2 Å². The summed E-state index contributed by atoms with van der Waals surface area (Å²) in [7, 11) is 0. The lowest BCUT2D eigenvalue weighted by Crippen LogP contribution is -2.25. The van der Waals surface area contributed by atoms with Crippen LogP contribution in [0.2, 0.25) is 5.02 Å². The van der Waals surface area contributed by atoms with Gasteiger partial charge in [-0.05, 0) is 43.3 Å². The van der Waals surface area contributed by atoms with Gasteiger partial charge in [0.1, 0.15) is 17.0 Å². The molecule has 0 unspecified atom stereocenters. The van der Waals surface area contributed by atoms with Gasteiger partial charge in [-0.2, -0.15) is 5.10 Å². The van der Waals surface area contributed by atoms with Crippen LogP contribution in [0.15, 0.2) is 64.1 Å². The van der Waals surface area contributed by atoms with Gasteiger partial charge in [-0.15, -0.1) is 0 Å². The molecule has 1 amide bonds. The zero-order valence-corrected chi connectivity index (χ0v) is 13.7. The number of nitrogens with zero attached hydrogens (tertiary/aromatic N) is 1. The van der Waals surface area contributed by atoms with Crippen LogP contribution in [-0.2, 0) is 4.79 Å². The van der Waals surface area contributed by atoms with E-state index in [0.29, 0.717) is 22.2 Å². The monoisotopic (exact) mass is 342 g/mol. The number of fused-ring (bicyclic) bond motifs is 1. The van der Waals surface area contributed by atoms with Gasteiger partial charge in [0.2, 0.25) is 0 Å². The number of furan rings is 1. The molecule has 2 aromatic carbocycles. The molecule has 0 fully saturated rings. The average molecular weight is 343 g/mol. The summed E-state index contributed by atoms with van der Waals surface area (Å²) in [5.41, 5.74) is 3.80. The highest BCUT2D eigenvalue weighted by Gasteiger charge is 2.07. The first kappa shape index (κ1) is 16.1. The molecule has 0 radical (unpaired) electrons. The maximum Gasteiger partial charge on any atom is 0.277 e. The second kappa shape index (κ2) is 7.19. The maximum absolute atomic E-state index is 11.8. The van der Waals surface area contributed by atoms with Gasteiger partial charge in [0.25, 0.3) is 5.91 Å². The lowest BCUT2D eigenvalue weighted by Gasteiger charge is -2.05. The molecule has 0 atom stereocenters. The third-order valence-corrected chi connectivity index (χ3v) is 3.57. The molecule has 0 aliphatic heterocycles. The fourth-order valence-corrected chi connectivity index (χ4v) is 2.20. The minimum absolute atomic E-state index is 0.140. The minimum atomic E-state index is -0.361. The molecule has 0 bridgehead atoms. The Bertz CT molecular complexity index is 852. The van der Waals surface area contributed by atoms with Crippen molar-refractivity contribution in [1.82, 2.24) is 5.43 Å². The van der Waals surface area contributed by atoms with Gasteiger partial charge in [0.05, 0.1) is 0 Å². The summed E-state index contributed by atoms with van der Waals surface area (Å²) in [5, 5.41) is 5.63. The number of hydrogen-bond acceptors (Lipinski definition) is 4. The standard InChI is InChI=1S/C18H15ClN2O3/c1-12(17-10-13-4-2-3-5-16(13)24-17)20-21-18(22)11-23-15-8-6-14(19)7-9-15/h2-10H,11H2,1H3,(H,21,22)/b20-12-. The van der Waals surface area contributed by atoms with Crippen LogP contribution in [0.4, 0.5) is 0 Å². The van der Waals surface area contributed by atoms with Crippen molar-refractivity contribution in [2.24, 2.45) is 5.10 Å². The number of nitrogens with one attached hydrogen (secondary N) is 1. The number of rotatable bonds is 5. The number of halogens is 1. The maximum atomic E-state index is 11.8. The van der Waals surface area contributed by atoms with E-state index in [-0.39, 0.29) is 12.5 Å². The Labute approximate surface area is 143 Å². The number of para-hydroxylation sites is 1. The van der Waals surface area contributed by atoms with Crippen molar-refractivity contribution < 1.29 is 13.9 Å². The summed E-state index contributed by atoms with van der Waals surface area (Å²) in [6, 6.07) is 16.3. The summed E-state index contributed by atoms with van der Waals surface area (Å²) in [5.74, 6) is 0.808. The summed E-state index contributed by atoms with van der Waals surface area (Å²) >= 11 is 5.78. The van der Waals surface area contributed by atoms with Gasteiger partial charge in [-0.1, -0.05) is 29.8 Å². The number of benzene rings is 2. The molecule has 0 aliphatic carbocycles. The largest absolute Gasteiger partial charge is 0.484 e. The van der Waals surface area contributed by atoms with E-state index in [1.807, 2.05) is 30.3 Å². The first-order valence-corrected chi connectivity index (χ1v) is 7.70. The number of carbonyl (C=O) groups is 1. The molecule has 24 heavy (non-hydrogen) atoms. The van der Waals surface area contributed by atoms with Crippen LogP contribution in [0, 0.1) is 0 Å². The SMILES string of the molecule is C/C(=N/NC(=O)COc1ccc(Cl)cc1)c1cc2ccccc2o1. The quantitative estimate of drug-likeness (QED) is 0.563. The molecule has 1 heterocycles. The lowest BCUT2D eigenvalue weighted by atomic mass is 10.2. The molecule has 6 heteroatoms. The van der Waals surface area contributed by atoms with E-state index in [2.05, 4.69) is 10.5 Å². The van der Waals surface area contributed by atoms with Crippen LogP contribution in [0.25, 0.3) is 11.0 Å².